The number of amides is 12. The number of urea groups is 3. The molecule has 26 heteroatoms. The Morgan fingerprint density at radius 2 is 1.20 bits per heavy atom. The monoisotopic (exact) mass is 1020 g/mol. The third-order valence-corrected chi connectivity index (χ3v) is 10.3. The van der Waals surface area contributed by atoms with E-state index in [1.54, 1.807) is 40.8 Å². The topological polar surface area (TPSA) is 340 Å². The summed E-state index contributed by atoms with van der Waals surface area (Å²) in [6.45, 7) is 27.2. The van der Waals surface area contributed by atoms with E-state index in [0.717, 1.165) is 33.0 Å². The number of carbonyl (C=O) groups is 9. The normalized spacial score (nSPS) is 13.7. The van der Waals surface area contributed by atoms with Crippen LogP contribution in [0.25, 0.3) is 0 Å². The van der Waals surface area contributed by atoms with Crippen LogP contribution in [0, 0.1) is 20.8 Å². The number of imidazole rings is 1. The number of nitrogens with one attached hydrogen (secondary N) is 7. The summed E-state index contributed by atoms with van der Waals surface area (Å²) in [5, 5.41) is 15.8. The van der Waals surface area contributed by atoms with E-state index in [1.165, 1.54) is 18.3 Å². The van der Waals surface area contributed by atoms with Gasteiger partial charge < -0.3 is 47.5 Å². The lowest BCUT2D eigenvalue weighted by Crippen LogP contribution is -2.58. The number of nitrogens with zero attached hydrogens (tertiary/aromatic N) is 6. The van der Waals surface area contributed by atoms with E-state index in [-0.39, 0.29) is 79.9 Å². The standard InChI is InChI=1S/C11H16N2O.C10H17N3O3.C8H15N3O4S.C8H17N3O2.C8H13N3O/c1-7(2)13-11(14)10-6-12-9(4)5-8(10)3;1-4-12-5-6-13(9(15)8(12)14)10(16)11-7(2)3;1-6(2)9-7(12)10-4-5-11(8(10)13)16(3,14)15;1-5(2)11-8(13)6(9)4-7(12)10-3;1-5(2)11-8(12)7-6(3)9-4-10-7/h5-7H,1-4H3,(H,13,14);7H,4-6H2,1-3H3,(H,11,16);6H,4-5H2,1-3H3,(H,9,12);5-6H,4,9H2,1-3H3,(H,10,12)(H,11,13);4-5H,1-3H3,(H,9,10)(H,11,12). The molecule has 400 valence electrons. The molecule has 0 bridgehead atoms. The van der Waals surface area contributed by atoms with E-state index >= 15 is 0 Å². The van der Waals surface area contributed by atoms with Crippen molar-refractivity contribution in [1.29, 1.82) is 0 Å². The second-order valence-corrected chi connectivity index (χ2v) is 19.6. The molecule has 2 aliphatic rings. The van der Waals surface area contributed by atoms with E-state index < -0.39 is 46.0 Å². The van der Waals surface area contributed by atoms with Crippen LogP contribution >= 0.6 is 0 Å². The first-order valence-corrected chi connectivity index (χ1v) is 25.0. The Morgan fingerprint density at radius 3 is 1.62 bits per heavy atom. The molecule has 0 aromatic carbocycles. The quantitative estimate of drug-likeness (QED) is 0.139. The number of aromatic amines is 1. The van der Waals surface area contributed by atoms with Crippen molar-refractivity contribution < 1.29 is 51.6 Å². The zero-order valence-corrected chi connectivity index (χ0v) is 44.9. The number of sulfonamides is 1. The predicted molar refractivity (Wildman–Crippen MR) is 267 cm³/mol. The number of hydrogen-bond acceptors (Lipinski definition) is 14. The molecule has 25 nitrogen and oxygen atoms in total. The van der Waals surface area contributed by atoms with E-state index in [9.17, 15) is 51.6 Å². The van der Waals surface area contributed by atoms with Crippen LogP contribution in [0.1, 0.15) is 120 Å². The highest BCUT2D eigenvalue weighted by Gasteiger charge is 2.38. The third kappa shape index (κ3) is 23.6. The number of aryl methyl sites for hydroxylation is 3. The Labute approximate surface area is 418 Å². The van der Waals surface area contributed by atoms with Crippen LogP contribution in [0.15, 0.2) is 18.6 Å². The second kappa shape index (κ2) is 30.8. The molecule has 2 saturated heterocycles. The minimum Gasteiger partial charge on any atom is -0.359 e. The van der Waals surface area contributed by atoms with Gasteiger partial charge in [0.25, 0.3) is 11.8 Å². The Bertz CT molecular complexity index is 2250. The molecule has 0 aliphatic carbocycles. The lowest BCUT2D eigenvalue weighted by Gasteiger charge is -2.32. The maximum Gasteiger partial charge on any atom is 0.341 e. The van der Waals surface area contributed by atoms with Gasteiger partial charge in [-0.05, 0) is 109 Å². The average Bonchev–Trinajstić information content (AvgIpc) is 3.86. The summed E-state index contributed by atoms with van der Waals surface area (Å²) in [5.74, 6) is -2.04. The summed E-state index contributed by atoms with van der Waals surface area (Å²) in [5.41, 5.74) is 9.30. The van der Waals surface area contributed by atoms with Crippen molar-refractivity contribution in [2.24, 2.45) is 5.73 Å². The minimum absolute atomic E-state index is 0.0170. The van der Waals surface area contributed by atoms with Crippen LogP contribution < -0.4 is 37.6 Å². The van der Waals surface area contributed by atoms with Crippen LogP contribution in [-0.2, 0) is 29.2 Å². The van der Waals surface area contributed by atoms with Gasteiger partial charge in [0.1, 0.15) is 5.69 Å². The number of carbonyl (C=O) groups excluding carboxylic acids is 9. The Kier molecular flexibility index (Phi) is 27.9. The van der Waals surface area contributed by atoms with Crippen molar-refractivity contribution in [3.05, 3.63) is 46.8 Å². The van der Waals surface area contributed by atoms with Gasteiger partial charge in [-0.1, -0.05) is 0 Å². The first-order valence-electron chi connectivity index (χ1n) is 23.1. The lowest BCUT2D eigenvalue weighted by atomic mass is 10.1. The number of H-pyrrole nitrogens is 1. The maximum absolute atomic E-state index is 11.6. The van der Waals surface area contributed by atoms with Gasteiger partial charge in [0.05, 0.1) is 43.7 Å². The van der Waals surface area contributed by atoms with Crippen molar-refractivity contribution in [2.45, 2.75) is 140 Å². The van der Waals surface area contributed by atoms with Gasteiger partial charge in [-0.3, -0.25) is 38.7 Å². The first kappa shape index (κ1) is 64.3. The zero-order valence-electron chi connectivity index (χ0n) is 44.1. The zero-order chi connectivity index (χ0) is 55.1. The van der Waals surface area contributed by atoms with Gasteiger partial charge in [0.2, 0.25) is 21.8 Å². The molecule has 2 fully saturated rings. The van der Waals surface area contributed by atoms with Crippen molar-refractivity contribution >= 4 is 63.6 Å². The molecule has 0 spiro atoms. The van der Waals surface area contributed by atoms with Crippen LogP contribution in [-0.4, -0.2) is 178 Å². The summed E-state index contributed by atoms with van der Waals surface area (Å²) in [6.07, 6.45) is 4.11. The number of pyridine rings is 1. The number of nitrogens with two attached hydrogens (primary N) is 1. The molecular formula is C45H78N14O11S. The Balaban J connectivity index is 0.000000866. The van der Waals surface area contributed by atoms with Crippen LogP contribution in [0.3, 0.4) is 0 Å². The van der Waals surface area contributed by atoms with Gasteiger partial charge in [0, 0.05) is 74.5 Å². The number of piperazine rings is 1. The van der Waals surface area contributed by atoms with Crippen LogP contribution in [0.5, 0.6) is 0 Å². The average molecular weight is 1020 g/mol. The molecule has 4 heterocycles. The van der Waals surface area contributed by atoms with Gasteiger partial charge in [-0.25, -0.2) is 37.0 Å². The number of imide groups is 2. The van der Waals surface area contributed by atoms with E-state index in [4.69, 9.17) is 5.73 Å². The van der Waals surface area contributed by atoms with Crippen LogP contribution in [0.2, 0.25) is 0 Å². The second-order valence-electron chi connectivity index (χ2n) is 17.7. The van der Waals surface area contributed by atoms with E-state index in [2.05, 4.69) is 46.9 Å². The molecule has 1 atom stereocenters. The largest absolute Gasteiger partial charge is 0.359 e. The molecule has 2 aromatic heterocycles. The Morgan fingerprint density at radius 1 is 0.704 bits per heavy atom. The molecule has 0 saturated carbocycles. The molecule has 12 amide bonds. The summed E-state index contributed by atoms with van der Waals surface area (Å²) >= 11 is 0. The summed E-state index contributed by atoms with van der Waals surface area (Å²) in [6, 6.07) is -0.514. The number of rotatable bonds is 12. The highest BCUT2D eigenvalue weighted by Crippen LogP contribution is 2.13. The van der Waals surface area contributed by atoms with E-state index in [0.29, 0.717) is 28.7 Å². The minimum atomic E-state index is -3.58. The SMILES string of the molecule is CC(C)NC(=O)N1CCN(S(C)(=O)=O)C1=O.CCN1CCN(C(=O)NC(C)C)C(=O)C1=O.CNC(=O)CC(N)C(=O)NC(C)C.Cc1[nH]cnc1C(=O)NC(C)C.Cc1cc(C)c(C(=O)NC(C)C)cn1. The fraction of sp³-hybridized carbons (Fsp3) is 0.622. The van der Waals surface area contributed by atoms with E-state index in [1.807, 2.05) is 68.4 Å². The fourth-order valence-corrected chi connectivity index (χ4v) is 6.61. The summed E-state index contributed by atoms with van der Waals surface area (Å²) in [7, 11) is -2.08. The molecule has 4 rings (SSSR count). The predicted octanol–water partition coefficient (Wildman–Crippen LogP) is 1.26. The molecular weight excluding hydrogens is 945 g/mol. The van der Waals surface area contributed by atoms with Gasteiger partial charge in [0.15, 0.2) is 0 Å². The maximum atomic E-state index is 11.6. The first-order chi connectivity index (χ1) is 32.8. The molecule has 2 aromatic rings. The molecule has 9 N–H and O–H groups in total. The summed E-state index contributed by atoms with van der Waals surface area (Å²) in [4.78, 5) is 117. The van der Waals surface area contributed by atoms with Crippen molar-refractivity contribution in [3.8, 4) is 0 Å². The molecule has 1 unspecified atom stereocenters. The smallest absolute Gasteiger partial charge is 0.341 e. The number of aromatic nitrogens is 3. The van der Waals surface area contributed by atoms with Gasteiger partial charge in [-0.15, -0.1) is 0 Å². The summed E-state index contributed by atoms with van der Waals surface area (Å²) < 4.78 is 23.0. The lowest BCUT2D eigenvalue weighted by molar-refractivity contribution is -0.153. The fourth-order valence-electron chi connectivity index (χ4n) is 5.81. The van der Waals surface area contributed by atoms with Crippen LogP contribution in [0.4, 0.5) is 14.4 Å². The highest BCUT2D eigenvalue weighted by atomic mass is 32.2. The third-order valence-electron chi connectivity index (χ3n) is 9.20. The number of likely N-dealkylation sites (N-methyl/N-ethyl adjacent to an activating group) is 1. The molecule has 2 aliphatic heterocycles. The van der Waals surface area contributed by atoms with Crippen molar-refractivity contribution in [2.75, 3.05) is 46.0 Å². The van der Waals surface area contributed by atoms with Crippen molar-refractivity contribution in [3.63, 3.8) is 0 Å². The number of hydrogen-bond donors (Lipinski definition) is 8. The van der Waals surface area contributed by atoms with Gasteiger partial charge in [-0.2, -0.15) is 0 Å². The Hall–Kier alpha value is -6.70. The highest BCUT2D eigenvalue weighted by molar-refractivity contribution is 7.88. The molecule has 0 radical (unpaired) electrons. The van der Waals surface area contributed by atoms with Crippen molar-refractivity contribution in [1.82, 2.24) is 65.9 Å². The van der Waals surface area contributed by atoms with Gasteiger partial charge >= 0.3 is 29.9 Å². The molecule has 71 heavy (non-hydrogen) atoms.